The van der Waals surface area contributed by atoms with Crippen molar-refractivity contribution in [1.29, 1.82) is 0 Å². The summed E-state index contributed by atoms with van der Waals surface area (Å²) in [5, 5.41) is 2.80. The molecule has 0 radical (unpaired) electrons. The standard InChI is InChI=1S/C20H20N2O3/c1-13-10-22(11-19(23)21-13)20(24)25-12-18-16-8-4-2-6-14(16)15-7-3-5-9-17(15)18/h2-9,13,18H,10-12H2,1H3,(H,21,23). The normalized spacial score (nSPS) is 19.2. The molecule has 0 spiro atoms. The lowest BCUT2D eigenvalue weighted by Crippen LogP contribution is -2.54. The van der Waals surface area contributed by atoms with Crippen molar-refractivity contribution in [2.75, 3.05) is 19.7 Å². The van der Waals surface area contributed by atoms with Crippen molar-refractivity contribution < 1.29 is 14.3 Å². The Balaban J connectivity index is 1.51. The highest BCUT2D eigenvalue weighted by Gasteiger charge is 2.31. The highest BCUT2D eigenvalue weighted by atomic mass is 16.6. The molecular formula is C20H20N2O3. The molecule has 5 heteroatoms. The van der Waals surface area contributed by atoms with Crippen LogP contribution in [0.15, 0.2) is 48.5 Å². The monoisotopic (exact) mass is 336 g/mol. The number of nitrogens with one attached hydrogen (secondary N) is 1. The van der Waals surface area contributed by atoms with Crippen molar-refractivity contribution in [2.45, 2.75) is 18.9 Å². The number of fused-ring (bicyclic) bond motifs is 3. The van der Waals surface area contributed by atoms with Gasteiger partial charge in [0.25, 0.3) is 0 Å². The Morgan fingerprint density at radius 2 is 1.72 bits per heavy atom. The number of carbonyl (C=O) groups excluding carboxylic acids is 2. The van der Waals surface area contributed by atoms with Crippen LogP contribution in [0.3, 0.4) is 0 Å². The highest BCUT2D eigenvalue weighted by molar-refractivity contribution is 5.84. The zero-order chi connectivity index (χ0) is 17.4. The number of rotatable bonds is 2. The largest absolute Gasteiger partial charge is 0.448 e. The number of hydrogen-bond donors (Lipinski definition) is 1. The maximum atomic E-state index is 12.4. The topological polar surface area (TPSA) is 58.6 Å². The number of carbonyl (C=O) groups is 2. The van der Waals surface area contributed by atoms with Crippen molar-refractivity contribution in [3.8, 4) is 11.1 Å². The van der Waals surface area contributed by atoms with Gasteiger partial charge in [0.05, 0.1) is 0 Å². The predicted octanol–water partition coefficient (Wildman–Crippen LogP) is 2.76. The van der Waals surface area contributed by atoms with Gasteiger partial charge in [-0.1, -0.05) is 48.5 Å². The fourth-order valence-corrected chi connectivity index (χ4v) is 3.76. The first-order chi connectivity index (χ1) is 12.1. The highest BCUT2D eigenvalue weighted by Crippen LogP contribution is 2.44. The van der Waals surface area contributed by atoms with Crippen molar-refractivity contribution in [3.05, 3.63) is 59.7 Å². The molecule has 1 aliphatic heterocycles. The molecule has 2 aliphatic rings. The molecule has 1 heterocycles. The Kier molecular flexibility index (Phi) is 3.92. The lowest BCUT2D eigenvalue weighted by atomic mass is 9.98. The molecular weight excluding hydrogens is 316 g/mol. The van der Waals surface area contributed by atoms with E-state index in [9.17, 15) is 9.59 Å². The third-order valence-electron chi connectivity index (χ3n) is 4.83. The zero-order valence-electron chi connectivity index (χ0n) is 14.1. The first-order valence-electron chi connectivity index (χ1n) is 8.53. The summed E-state index contributed by atoms with van der Waals surface area (Å²) in [5.74, 6) is -0.111. The molecule has 2 aromatic rings. The number of ether oxygens (including phenoxy) is 1. The second kappa shape index (κ2) is 6.24. The summed E-state index contributed by atoms with van der Waals surface area (Å²) in [6, 6.07) is 16.4. The summed E-state index contributed by atoms with van der Waals surface area (Å²) < 4.78 is 5.58. The number of nitrogens with zero attached hydrogens (tertiary/aromatic N) is 1. The number of piperazine rings is 1. The van der Waals surface area contributed by atoms with Crippen LogP contribution in [-0.2, 0) is 9.53 Å². The van der Waals surface area contributed by atoms with E-state index < -0.39 is 6.09 Å². The molecule has 2 aromatic carbocycles. The van der Waals surface area contributed by atoms with Crippen LogP contribution >= 0.6 is 0 Å². The van der Waals surface area contributed by atoms with Gasteiger partial charge in [0.15, 0.2) is 0 Å². The summed E-state index contributed by atoms with van der Waals surface area (Å²) in [6.07, 6.45) is -0.427. The van der Waals surface area contributed by atoms with Crippen molar-refractivity contribution in [2.24, 2.45) is 0 Å². The van der Waals surface area contributed by atoms with Gasteiger partial charge in [0.1, 0.15) is 13.2 Å². The molecule has 0 bridgehead atoms. The number of hydrogen-bond acceptors (Lipinski definition) is 3. The lowest BCUT2D eigenvalue weighted by Gasteiger charge is -2.30. The molecule has 2 amide bonds. The maximum absolute atomic E-state index is 12.4. The number of amides is 2. The van der Waals surface area contributed by atoms with E-state index in [1.807, 2.05) is 31.2 Å². The Morgan fingerprint density at radius 3 is 2.32 bits per heavy atom. The van der Waals surface area contributed by atoms with Crippen LogP contribution in [0.25, 0.3) is 11.1 Å². The van der Waals surface area contributed by atoms with E-state index in [4.69, 9.17) is 4.74 Å². The molecule has 1 saturated heterocycles. The third kappa shape index (κ3) is 2.86. The van der Waals surface area contributed by atoms with Gasteiger partial charge in [-0.2, -0.15) is 0 Å². The summed E-state index contributed by atoms with van der Waals surface area (Å²) in [5.41, 5.74) is 4.76. The molecule has 0 aromatic heterocycles. The van der Waals surface area contributed by atoms with E-state index >= 15 is 0 Å². The average molecular weight is 336 g/mol. The minimum Gasteiger partial charge on any atom is -0.448 e. The van der Waals surface area contributed by atoms with E-state index in [1.165, 1.54) is 27.2 Å². The van der Waals surface area contributed by atoms with E-state index in [0.717, 1.165) is 0 Å². The maximum Gasteiger partial charge on any atom is 0.410 e. The first-order valence-corrected chi connectivity index (χ1v) is 8.53. The molecule has 1 aliphatic carbocycles. The van der Waals surface area contributed by atoms with Crippen LogP contribution in [0.2, 0.25) is 0 Å². The Labute approximate surface area is 146 Å². The molecule has 25 heavy (non-hydrogen) atoms. The summed E-state index contributed by atoms with van der Waals surface area (Å²) >= 11 is 0. The first kappa shape index (κ1) is 15.7. The number of benzene rings is 2. The average Bonchev–Trinajstić information content (AvgIpc) is 2.93. The van der Waals surface area contributed by atoms with Gasteiger partial charge in [-0.05, 0) is 29.2 Å². The molecule has 1 atom stereocenters. The molecule has 4 rings (SSSR count). The molecule has 5 nitrogen and oxygen atoms in total. The van der Waals surface area contributed by atoms with Crippen molar-refractivity contribution in [3.63, 3.8) is 0 Å². The molecule has 1 N–H and O–H groups in total. The van der Waals surface area contributed by atoms with E-state index in [-0.39, 0.29) is 31.0 Å². The fourth-order valence-electron chi connectivity index (χ4n) is 3.76. The van der Waals surface area contributed by atoms with Crippen molar-refractivity contribution in [1.82, 2.24) is 10.2 Å². The van der Waals surface area contributed by atoms with E-state index in [2.05, 4.69) is 29.6 Å². The van der Waals surface area contributed by atoms with Gasteiger partial charge in [-0.15, -0.1) is 0 Å². The molecule has 128 valence electrons. The summed E-state index contributed by atoms with van der Waals surface area (Å²) in [6.45, 7) is 2.68. The second-order valence-electron chi connectivity index (χ2n) is 6.65. The Morgan fingerprint density at radius 1 is 1.12 bits per heavy atom. The molecule has 0 saturated carbocycles. The lowest BCUT2D eigenvalue weighted by molar-refractivity contribution is -0.124. The minimum absolute atomic E-state index is 0.0346. The van der Waals surface area contributed by atoms with Crippen molar-refractivity contribution >= 4 is 12.0 Å². The molecule has 1 fully saturated rings. The van der Waals surface area contributed by atoms with Crippen LogP contribution in [0, 0.1) is 0 Å². The van der Waals surface area contributed by atoms with Crippen LogP contribution in [0.5, 0.6) is 0 Å². The van der Waals surface area contributed by atoms with Gasteiger partial charge < -0.3 is 10.1 Å². The van der Waals surface area contributed by atoms with Gasteiger partial charge >= 0.3 is 6.09 Å². The van der Waals surface area contributed by atoms with Crippen LogP contribution in [-0.4, -0.2) is 42.6 Å². The third-order valence-corrected chi connectivity index (χ3v) is 4.83. The predicted molar refractivity (Wildman–Crippen MR) is 94.2 cm³/mol. The Bertz CT molecular complexity index is 788. The second-order valence-corrected chi connectivity index (χ2v) is 6.65. The SMILES string of the molecule is CC1CN(C(=O)OCC2c3ccccc3-c3ccccc32)CC(=O)N1. The van der Waals surface area contributed by atoms with Gasteiger partial charge in [0, 0.05) is 18.5 Å². The van der Waals surface area contributed by atoms with Gasteiger partial charge in [0.2, 0.25) is 5.91 Å². The quantitative estimate of drug-likeness (QED) is 0.917. The summed E-state index contributed by atoms with van der Waals surface area (Å²) in [4.78, 5) is 25.5. The fraction of sp³-hybridized carbons (Fsp3) is 0.300. The van der Waals surface area contributed by atoms with Crippen LogP contribution in [0.1, 0.15) is 24.0 Å². The van der Waals surface area contributed by atoms with Crippen LogP contribution in [0.4, 0.5) is 4.79 Å². The molecule has 1 unspecified atom stereocenters. The zero-order valence-corrected chi connectivity index (χ0v) is 14.1. The Hall–Kier alpha value is -2.82. The smallest absolute Gasteiger partial charge is 0.410 e. The summed E-state index contributed by atoms with van der Waals surface area (Å²) in [7, 11) is 0. The van der Waals surface area contributed by atoms with Crippen LogP contribution < -0.4 is 5.32 Å². The van der Waals surface area contributed by atoms with Gasteiger partial charge in [-0.25, -0.2) is 4.79 Å². The minimum atomic E-state index is -0.427. The van der Waals surface area contributed by atoms with E-state index in [1.54, 1.807) is 0 Å². The van der Waals surface area contributed by atoms with Gasteiger partial charge in [-0.3, -0.25) is 9.69 Å². The van der Waals surface area contributed by atoms with E-state index in [0.29, 0.717) is 6.54 Å².